The third-order valence-electron chi connectivity index (χ3n) is 5.83. The summed E-state index contributed by atoms with van der Waals surface area (Å²) in [5.74, 6) is -1.18. The molecule has 0 aromatic carbocycles. The molecule has 2 aliphatic rings. The number of nitrogens with zero attached hydrogens (tertiary/aromatic N) is 4. The van der Waals surface area contributed by atoms with Crippen molar-refractivity contribution in [2.75, 3.05) is 0 Å². The zero-order valence-electron chi connectivity index (χ0n) is 12.0. The molecule has 0 spiro atoms. The van der Waals surface area contributed by atoms with Crippen LogP contribution in [-0.2, 0) is 15.6 Å². The molecule has 3 rings (SSSR count). The summed E-state index contributed by atoms with van der Waals surface area (Å²) in [6.07, 6.45) is 1.06. The van der Waals surface area contributed by atoms with Crippen LogP contribution in [-0.4, -0.2) is 15.9 Å². The summed E-state index contributed by atoms with van der Waals surface area (Å²) in [4.78, 5) is 20.4. The number of carbonyl (C=O) groups is 1. The average Bonchev–Trinajstić information content (AvgIpc) is 2.74. The minimum absolute atomic E-state index is 0.0469. The highest BCUT2D eigenvalue weighted by molar-refractivity contribution is 5.84. The normalized spacial score (nSPS) is 31.3. The smallest absolute Gasteiger partial charge is 0.177 e. The fraction of sp³-hybridized carbons (Fsp3) is 0.533. The van der Waals surface area contributed by atoms with Gasteiger partial charge in [-0.25, -0.2) is 9.97 Å². The lowest BCUT2D eigenvalue weighted by Crippen LogP contribution is -2.52. The average molecular weight is 281 g/mol. The standard InChI is InChI=1S/C15H14N4O2/c1-13(2)14(3)4-5-15(13,12(20)21)11-10(14)18-8(6-16)9(7-17)19-11/h4-5H2,1-3H3,(H,20,21)/p-1. The molecule has 1 aromatic heterocycles. The number of hydrogen-bond acceptors (Lipinski definition) is 6. The molecule has 1 aromatic rings. The predicted molar refractivity (Wildman–Crippen MR) is 68.5 cm³/mol. The topological polar surface area (TPSA) is 113 Å². The molecule has 2 unspecified atom stereocenters. The monoisotopic (exact) mass is 281 g/mol. The van der Waals surface area contributed by atoms with Gasteiger partial charge in [0.25, 0.3) is 0 Å². The maximum Gasteiger partial charge on any atom is 0.177 e. The molecule has 1 fully saturated rings. The second kappa shape index (κ2) is 3.59. The van der Waals surface area contributed by atoms with Gasteiger partial charge in [0.2, 0.25) is 0 Å². The lowest BCUT2D eigenvalue weighted by atomic mass is 9.64. The molecule has 1 saturated carbocycles. The van der Waals surface area contributed by atoms with Crippen molar-refractivity contribution in [3.05, 3.63) is 22.8 Å². The Balaban J connectivity index is 2.44. The summed E-state index contributed by atoms with van der Waals surface area (Å²) in [5.41, 5.74) is -1.71. The Hall–Kier alpha value is -2.47. The molecular weight excluding hydrogens is 268 g/mol. The second-order valence-electron chi connectivity index (χ2n) is 6.49. The van der Waals surface area contributed by atoms with Crippen LogP contribution in [0.1, 0.15) is 56.4 Å². The second-order valence-corrected chi connectivity index (χ2v) is 6.49. The molecule has 6 nitrogen and oxygen atoms in total. The number of aromatic nitrogens is 2. The third-order valence-corrected chi connectivity index (χ3v) is 5.83. The van der Waals surface area contributed by atoms with E-state index in [1.54, 1.807) is 0 Å². The maximum absolute atomic E-state index is 11.9. The highest BCUT2D eigenvalue weighted by atomic mass is 16.4. The van der Waals surface area contributed by atoms with Crippen LogP contribution < -0.4 is 5.11 Å². The van der Waals surface area contributed by atoms with Crippen molar-refractivity contribution >= 4 is 5.97 Å². The van der Waals surface area contributed by atoms with Crippen LogP contribution in [0, 0.1) is 28.1 Å². The number of hydrogen-bond donors (Lipinski definition) is 0. The van der Waals surface area contributed by atoms with Crippen LogP contribution in [0.4, 0.5) is 0 Å². The Bertz CT molecular complexity index is 771. The van der Waals surface area contributed by atoms with E-state index in [1.807, 2.05) is 32.9 Å². The number of carbonyl (C=O) groups excluding carboxylic acids is 1. The van der Waals surface area contributed by atoms with Crippen molar-refractivity contribution < 1.29 is 9.90 Å². The van der Waals surface area contributed by atoms with Crippen LogP contribution >= 0.6 is 0 Å². The molecule has 0 N–H and O–H groups in total. The minimum Gasteiger partial charge on any atom is -0.549 e. The van der Waals surface area contributed by atoms with Gasteiger partial charge in [-0.1, -0.05) is 20.8 Å². The van der Waals surface area contributed by atoms with Crippen LogP contribution in [0.3, 0.4) is 0 Å². The van der Waals surface area contributed by atoms with Gasteiger partial charge < -0.3 is 9.90 Å². The van der Waals surface area contributed by atoms with E-state index in [1.165, 1.54) is 0 Å². The summed E-state index contributed by atoms with van der Waals surface area (Å²) in [6, 6.07) is 3.69. The number of rotatable bonds is 1. The maximum atomic E-state index is 11.9. The van der Waals surface area contributed by atoms with Crippen molar-refractivity contribution in [1.82, 2.24) is 9.97 Å². The van der Waals surface area contributed by atoms with E-state index in [2.05, 4.69) is 9.97 Å². The van der Waals surface area contributed by atoms with Gasteiger partial charge in [0.05, 0.1) is 22.8 Å². The first-order valence-corrected chi connectivity index (χ1v) is 6.71. The largest absolute Gasteiger partial charge is 0.549 e. The van der Waals surface area contributed by atoms with Gasteiger partial charge in [-0.3, -0.25) is 0 Å². The molecule has 6 heteroatoms. The summed E-state index contributed by atoms with van der Waals surface area (Å²) in [7, 11) is 0. The summed E-state index contributed by atoms with van der Waals surface area (Å²) in [5, 5.41) is 30.1. The molecule has 2 atom stereocenters. The van der Waals surface area contributed by atoms with Crippen molar-refractivity contribution in [2.24, 2.45) is 5.41 Å². The Morgan fingerprint density at radius 1 is 1.10 bits per heavy atom. The van der Waals surface area contributed by atoms with E-state index in [-0.39, 0.29) is 11.4 Å². The van der Waals surface area contributed by atoms with E-state index in [4.69, 9.17) is 10.5 Å². The molecule has 0 amide bonds. The Morgan fingerprint density at radius 2 is 1.62 bits per heavy atom. The lowest BCUT2D eigenvalue weighted by Gasteiger charge is -2.41. The van der Waals surface area contributed by atoms with Gasteiger partial charge in [-0.2, -0.15) is 10.5 Å². The van der Waals surface area contributed by atoms with E-state index in [9.17, 15) is 9.90 Å². The van der Waals surface area contributed by atoms with Gasteiger partial charge in [0.15, 0.2) is 11.4 Å². The fourth-order valence-electron chi connectivity index (χ4n) is 4.09. The van der Waals surface area contributed by atoms with Gasteiger partial charge >= 0.3 is 0 Å². The van der Waals surface area contributed by atoms with Crippen LogP contribution in [0.15, 0.2) is 0 Å². The zero-order valence-corrected chi connectivity index (χ0v) is 12.0. The van der Waals surface area contributed by atoms with E-state index in [0.717, 1.165) is 0 Å². The quantitative estimate of drug-likeness (QED) is 0.731. The Morgan fingerprint density at radius 3 is 2.10 bits per heavy atom. The number of carboxylic acids is 1. The number of aliphatic carboxylic acids is 1. The molecule has 0 aliphatic heterocycles. The number of fused-ring (bicyclic) bond motifs is 5. The summed E-state index contributed by atoms with van der Waals surface area (Å²) in [6.45, 7) is 5.69. The molecule has 1 heterocycles. The molecule has 106 valence electrons. The molecular formula is C15H13N4O2-. The summed E-state index contributed by atoms with van der Waals surface area (Å²) < 4.78 is 0. The fourth-order valence-corrected chi connectivity index (χ4v) is 4.09. The zero-order chi connectivity index (χ0) is 15.6. The SMILES string of the molecule is CC12CCC(C(=O)[O-])(c3nc(C#N)c(C#N)nc31)C2(C)C. The van der Waals surface area contributed by atoms with Gasteiger partial charge in [-0.15, -0.1) is 0 Å². The molecule has 2 bridgehead atoms. The predicted octanol–water partition coefficient (Wildman–Crippen LogP) is 0.299. The van der Waals surface area contributed by atoms with Gasteiger partial charge in [0, 0.05) is 5.41 Å². The Kier molecular flexibility index (Phi) is 2.31. The minimum atomic E-state index is -1.25. The Labute approximate surface area is 122 Å². The van der Waals surface area contributed by atoms with Crippen LogP contribution in [0.5, 0.6) is 0 Å². The van der Waals surface area contributed by atoms with Crippen molar-refractivity contribution in [1.29, 1.82) is 10.5 Å². The number of carboxylic acid groups (broad SMARTS) is 1. The first kappa shape index (κ1) is 13.5. The molecule has 0 radical (unpaired) electrons. The highest BCUT2D eigenvalue weighted by Crippen LogP contribution is 2.69. The van der Waals surface area contributed by atoms with Crippen molar-refractivity contribution in [2.45, 2.75) is 44.4 Å². The lowest BCUT2D eigenvalue weighted by molar-refractivity contribution is -0.317. The number of nitriles is 2. The van der Waals surface area contributed by atoms with E-state index >= 15 is 0 Å². The first-order chi connectivity index (χ1) is 9.76. The van der Waals surface area contributed by atoms with Crippen LogP contribution in [0.2, 0.25) is 0 Å². The molecule has 0 saturated heterocycles. The van der Waals surface area contributed by atoms with Gasteiger partial charge in [0.1, 0.15) is 12.1 Å². The first-order valence-electron chi connectivity index (χ1n) is 6.71. The molecule has 2 aliphatic carbocycles. The van der Waals surface area contributed by atoms with Crippen LogP contribution in [0.25, 0.3) is 0 Å². The molecule has 21 heavy (non-hydrogen) atoms. The summed E-state index contributed by atoms with van der Waals surface area (Å²) >= 11 is 0. The van der Waals surface area contributed by atoms with Crippen molar-refractivity contribution in [3.8, 4) is 12.1 Å². The van der Waals surface area contributed by atoms with Gasteiger partial charge in [-0.05, 0) is 18.3 Å². The third kappa shape index (κ3) is 1.15. The van der Waals surface area contributed by atoms with E-state index in [0.29, 0.717) is 24.2 Å². The van der Waals surface area contributed by atoms with Crippen molar-refractivity contribution in [3.63, 3.8) is 0 Å². The van der Waals surface area contributed by atoms with E-state index < -0.39 is 22.2 Å². The highest BCUT2D eigenvalue weighted by Gasteiger charge is 2.70.